The number of hydrogen-bond donors (Lipinski definition) is 1. The van der Waals surface area contributed by atoms with Crippen LogP contribution in [0.5, 0.6) is 0 Å². The van der Waals surface area contributed by atoms with E-state index in [0.717, 1.165) is 22.0 Å². The summed E-state index contributed by atoms with van der Waals surface area (Å²) < 4.78 is 0. The zero-order valence-corrected chi connectivity index (χ0v) is 12.6. The summed E-state index contributed by atoms with van der Waals surface area (Å²) in [5, 5.41) is 17.6. The van der Waals surface area contributed by atoms with Gasteiger partial charge in [-0.1, -0.05) is 48.5 Å². The second-order valence-corrected chi connectivity index (χ2v) is 5.15. The molecule has 0 heterocycles. The average molecular weight is 305 g/mol. The fourth-order valence-electron chi connectivity index (χ4n) is 2.35. The number of fused-ring (bicyclic) bond motifs is 1. The van der Waals surface area contributed by atoms with Gasteiger partial charge in [0.1, 0.15) is 5.69 Å². The van der Waals surface area contributed by atoms with Crippen LogP contribution in [-0.2, 0) is 0 Å². The van der Waals surface area contributed by atoms with E-state index in [0.29, 0.717) is 5.69 Å². The standard InChI is InChI=1S/C18H15N3O2/c1-13(15-11-10-14-6-2-3-7-16(14)12-15)19-20-17-8-4-5-9-18(17)21(22)23/h2-12,20H,1H3/b19-13+. The molecular formula is C18H15N3O2. The van der Waals surface area contributed by atoms with Gasteiger partial charge in [0.25, 0.3) is 5.69 Å². The van der Waals surface area contributed by atoms with Crippen molar-refractivity contribution >= 4 is 27.9 Å². The minimum absolute atomic E-state index is 0.00237. The predicted molar refractivity (Wildman–Crippen MR) is 92.9 cm³/mol. The first kappa shape index (κ1) is 14.7. The Morgan fingerprint density at radius 2 is 1.70 bits per heavy atom. The number of nitrogens with one attached hydrogen (secondary N) is 1. The normalized spacial score (nSPS) is 11.4. The van der Waals surface area contributed by atoms with Crippen molar-refractivity contribution in [3.8, 4) is 0 Å². The first-order valence-electron chi connectivity index (χ1n) is 7.18. The van der Waals surface area contributed by atoms with Crippen molar-refractivity contribution in [2.45, 2.75) is 6.92 Å². The number of hydrogen-bond acceptors (Lipinski definition) is 4. The van der Waals surface area contributed by atoms with Crippen molar-refractivity contribution in [3.05, 3.63) is 82.4 Å². The lowest BCUT2D eigenvalue weighted by atomic mass is 10.0. The van der Waals surface area contributed by atoms with Crippen molar-refractivity contribution in [3.63, 3.8) is 0 Å². The van der Waals surface area contributed by atoms with Crippen LogP contribution in [0.25, 0.3) is 10.8 Å². The van der Waals surface area contributed by atoms with Gasteiger partial charge in [0, 0.05) is 6.07 Å². The fourth-order valence-corrected chi connectivity index (χ4v) is 2.35. The zero-order valence-electron chi connectivity index (χ0n) is 12.6. The van der Waals surface area contributed by atoms with E-state index in [1.54, 1.807) is 18.2 Å². The third kappa shape index (κ3) is 3.18. The lowest BCUT2D eigenvalue weighted by Gasteiger charge is -2.05. The quantitative estimate of drug-likeness (QED) is 0.435. The fraction of sp³-hybridized carbons (Fsp3) is 0.0556. The molecule has 0 aliphatic heterocycles. The molecule has 0 saturated carbocycles. The molecule has 5 nitrogen and oxygen atoms in total. The van der Waals surface area contributed by atoms with Crippen LogP contribution in [0, 0.1) is 10.1 Å². The molecule has 0 aliphatic carbocycles. The minimum Gasteiger partial charge on any atom is -0.271 e. The third-order valence-electron chi connectivity index (χ3n) is 3.61. The van der Waals surface area contributed by atoms with Crippen LogP contribution in [0.3, 0.4) is 0 Å². The van der Waals surface area contributed by atoms with Crippen molar-refractivity contribution in [1.82, 2.24) is 0 Å². The van der Waals surface area contributed by atoms with Crippen molar-refractivity contribution in [2.24, 2.45) is 5.10 Å². The van der Waals surface area contributed by atoms with Crippen molar-refractivity contribution in [2.75, 3.05) is 5.43 Å². The van der Waals surface area contributed by atoms with Gasteiger partial charge < -0.3 is 0 Å². The van der Waals surface area contributed by atoms with E-state index >= 15 is 0 Å². The van der Waals surface area contributed by atoms with Gasteiger partial charge in [-0.3, -0.25) is 15.5 Å². The molecular weight excluding hydrogens is 290 g/mol. The Labute approximate surface area is 133 Å². The predicted octanol–water partition coefficient (Wildman–Crippen LogP) is 4.58. The second-order valence-electron chi connectivity index (χ2n) is 5.15. The molecule has 3 aromatic rings. The maximum atomic E-state index is 11.0. The van der Waals surface area contributed by atoms with E-state index in [1.165, 1.54) is 6.07 Å². The van der Waals surface area contributed by atoms with Crippen molar-refractivity contribution < 1.29 is 4.92 Å². The van der Waals surface area contributed by atoms with Gasteiger partial charge in [-0.25, -0.2) is 0 Å². The average Bonchev–Trinajstić information content (AvgIpc) is 2.59. The Hall–Kier alpha value is -3.21. The van der Waals surface area contributed by atoms with Gasteiger partial charge in [0.2, 0.25) is 0 Å². The largest absolute Gasteiger partial charge is 0.294 e. The van der Waals surface area contributed by atoms with E-state index in [-0.39, 0.29) is 5.69 Å². The number of rotatable bonds is 4. The van der Waals surface area contributed by atoms with Crippen LogP contribution in [0.4, 0.5) is 11.4 Å². The Morgan fingerprint density at radius 3 is 2.48 bits per heavy atom. The van der Waals surface area contributed by atoms with Crippen LogP contribution in [0.15, 0.2) is 71.8 Å². The molecule has 0 spiro atoms. The van der Waals surface area contributed by atoms with Gasteiger partial charge >= 0.3 is 0 Å². The summed E-state index contributed by atoms with van der Waals surface area (Å²) in [7, 11) is 0. The smallest absolute Gasteiger partial charge is 0.271 e. The summed E-state index contributed by atoms with van der Waals surface area (Å²) in [6, 6.07) is 20.6. The molecule has 23 heavy (non-hydrogen) atoms. The highest BCUT2D eigenvalue weighted by Crippen LogP contribution is 2.23. The molecule has 0 fully saturated rings. The SMILES string of the molecule is C/C(=N\Nc1ccccc1[N+](=O)[O-])c1ccc2ccccc2c1. The molecule has 0 bridgehead atoms. The van der Waals surface area contributed by atoms with Crippen LogP contribution >= 0.6 is 0 Å². The lowest BCUT2D eigenvalue weighted by molar-refractivity contribution is -0.384. The van der Waals surface area contributed by atoms with E-state index in [4.69, 9.17) is 0 Å². The summed E-state index contributed by atoms with van der Waals surface area (Å²) in [5.74, 6) is 0. The molecule has 0 aliphatic rings. The summed E-state index contributed by atoms with van der Waals surface area (Å²) in [6.07, 6.45) is 0. The Bertz CT molecular complexity index is 903. The molecule has 0 atom stereocenters. The summed E-state index contributed by atoms with van der Waals surface area (Å²) in [4.78, 5) is 10.6. The van der Waals surface area contributed by atoms with Crippen LogP contribution in [0.1, 0.15) is 12.5 Å². The number of anilines is 1. The monoisotopic (exact) mass is 305 g/mol. The Balaban J connectivity index is 1.88. The van der Waals surface area contributed by atoms with Gasteiger partial charge in [-0.05, 0) is 35.4 Å². The molecule has 114 valence electrons. The van der Waals surface area contributed by atoms with Gasteiger partial charge in [-0.15, -0.1) is 0 Å². The summed E-state index contributed by atoms with van der Waals surface area (Å²) in [6.45, 7) is 1.87. The first-order chi connectivity index (χ1) is 11.1. The molecule has 5 heteroatoms. The second kappa shape index (κ2) is 6.27. The lowest BCUT2D eigenvalue weighted by Crippen LogP contribution is -2.01. The number of para-hydroxylation sites is 2. The number of hydrazone groups is 1. The van der Waals surface area contributed by atoms with E-state index in [1.807, 2.05) is 37.3 Å². The van der Waals surface area contributed by atoms with Crippen LogP contribution in [0.2, 0.25) is 0 Å². The van der Waals surface area contributed by atoms with Crippen molar-refractivity contribution in [1.29, 1.82) is 0 Å². The number of nitro groups is 1. The van der Waals surface area contributed by atoms with Gasteiger partial charge in [0.05, 0.1) is 10.6 Å². The molecule has 3 rings (SSSR count). The maximum absolute atomic E-state index is 11.0. The number of nitro benzene ring substituents is 1. The van der Waals surface area contributed by atoms with Gasteiger partial charge in [-0.2, -0.15) is 5.10 Å². The molecule has 1 N–H and O–H groups in total. The number of benzene rings is 3. The van der Waals surface area contributed by atoms with E-state index < -0.39 is 4.92 Å². The van der Waals surface area contributed by atoms with Crippen LogP contribution < -0.4 is 5.43 Å². The highest BCUT2D eigenvalue weighted by atomic mass is 16.6. The summed E-state index contributed by atoms with van der Waals surface area (Å²) >= 11 is 0. The molecule has 3 aromatic carbocycles. The summed E-state index contributed by atoms with van der Waals surface area (Å²) in [5.41, 5.74) is 4.89. The molecule has 0 unspecified atom stereocenters. The highest BCUT2D eigenvalue weighted by Gasteiger charge is 2.11. The maximum Gasteiger partial charge on any atom is 0.294 e. The molecule has 0 amide bonds. The number of nitrogens with zero attached hydrogens (tertiary/aromatic N) is 2. The third-order valence-corrected chi connectivity index (χ3v) is 3.61. The molecule has 0 radical (unpaired) electrons. The highest BCUT2D eigenvalue weighted by molar-refractivity contribution is 6.02. The zero-order chi connectivity index (χ0) is 16.2. The Kier molecular flexibility index (Phi) is 4.01. The Morgan fingerprint density at radius 1 is 1.00 bits per heavy atom. The molecule has 0 saturated heterocycles. The van der Waals surface area contributed by atoms with E-state index in [2.05, 4.69) is 22.7 Å². The topological polar surface area (TPSA) is 67.5 Å². The van der Waals surface area contributed by atoms with E-state index in [9.17, 15) is 10.1 Å². The molecule has 0 aromatic heterocycles. The first-order valence-corrected chi connectivity index (χ1v) is 7.18. The van der Waals surface area contributed by atoms with Gasteiger partial charge in [0.15, 0.2) is 0 Å². The minimum atomic E-state index is -0.427. The van der Waals surface area contributed by atoms with Crippen LogP contribution in [-0.4, -0.2) is 10.6 Å².